The van der Waals surface area contributed by atoms with Crippen molar-refractivity contribution in [3.05, 3.63) is 28.2 Å². The topological polar surface area (TPSA) is 49.6 Å². The molecule has 0 spiro atoms. The van der Waals surface area contributed by atoms with E-state index in [0.717, 1.165) is 30.5 Å². The molecule has 1 aromatic carbocycles. The van der Waals surface area contributed by atoms with Crippen LogP contribution in [0, 0.1) is 0 Å². The van der Waals surface area contributed by atoms with Crippen molar-refractivity contribution in [2.75, 3.05) is 39.5 Å². The Hall–Kier alpha value is -1.07. The van der Waals surface area contributed by atoms with Crippen LogP contribution in [0.15, 0.2) is 22.7 Å². The van der Waals surface area contributed by atoms with Gasteiger partial charge in [-0.25, -0.2) is 0 Å². The van der Waals surface area contributed by atoms with Crippen molar-refractivity contribution >= 4 is 27.5 Å². The molecule has 0 aliphatic rings. The standard InChI is InChI=1S/C14H22BrN3O/c1-4-5-18(7-6-17(2)3)14(19)11-8-12(15)10-13(16)9-11/h8-10H,4-7,16H2,1-3H3. The SMILES string of the molecule is CCCN(CCN(C)C)C(=O)c1cc(N)cc(Br)c1. The Bertz CT molecular complexity index is 414. The van der Waals surface area contributed by atoms with E-state index >= 15 is 0 Å². The summed E-state index contributed by atoms with van der Waals surface area (Å²) in [5.74, 6) is 0.0386. The summed E-state index contributed by atoms with van der Waals surface area (Å²) >= 11 is 3.37. The lowest BCUT2D eigenvalue weighted by Crippen LogP contribution is -2.37. The van der Waals surface area contributed by atoms with Crippen LogP contribution in [0.5, 0.6) is 0 Å². The van der Waals surface area contributed by atoms with Crippen LogP contribution in [0.4, 0.5) is 5.69 Å². The number of anilines is 1. The highest BCUT2D eigenvalue weighted by molar-refractivity contribution is 9.10. The lowest BCUT2D eigenvalue weighted by atomic mass is 10.1. The van der Waals surface area contributed by atoms with E-state index in [2.05, 4.69) is 27.8 Å². The van der Waals surface area contributed by atoms with Crippen molar-refractivity contribution in [3.63, 3.8) is 0 Å². The lowest BCUT2D eigenvalue weighted by Gasteiger charge is -2.24. The maximum absolute atomic E-state index is 12.5. The molecule has 4 nitrogen and oxygen atoms in total. The van der Waals surface area contributed by atoms with Crippen LogP contribution in [0.25, 0.3) is 0 Å². The zero-order chi connectivity index (χ0) is 14.4. The smallest absolute Gasteiger partial charge is 0.254 e. The van der Waals surface area contributed by atoms with E-state index in [4.69, 9.17) is 5.73 Å². The van der Waals surface area contributed by atoms with Crippen LogP contribution in [-0.2, 0) is 0 Å². The number of amides is 1. The quantitative estimate of drug-likeness (QED) is 0.816. The predicted octanol–water partition coefficient (Wildman–Crippen LogP) is 2.45. The van der Waals surface area contributed by atoms with Crippen molar-refractivity contribution in [1.82, 2.24) is 9.80 Å². The zero-order valence-corrected chi connectivity index (χ0v) is 13.4. The first-order valence-corrected chi connectivity index (χ1v) is 7.23. The highest BCUT2D eigenvalue weighted by atomic mass is 79.9. The van der Waals surface area contributed by atoms with Gasteiger partial charge in [0.25, 0.3) is 5.91 Å². The van der Waals surface area contributed by atoms with E-state index < -0.39 is 0 Å². The van der Waals surface area contributed by atoms with Crippen LogP contribution >= 0.6 is 15.9 Å². The van der Waals surface area contributed by atoms with Gasteiger partial charge in [0.2, 0.25) is 0 Å². The molecule has 0 radical (unpaired) electrons. The van der Waals surface area contributed by atoms with E-state index in [1.165, 1.54) is 0 Å². The minimum atomic E-state index is 0.0386. The molecule has 0 atom stereocenters. The Morgan fingerprint density at radius 3 is 2.42 bits per heavy atom. The number of likely N-dealkylation sites (N-methyl/N-ethyl adjacent to an activating group) is 1. The molecule has 2 N–H and O–H groups in total. The third-order valence-electron chi connectivity index (χ3n) is 2.76. The molecule has 0 saturated heterocycles. The average Bonchev–Trinajstić information content (AvgIpc) is 2.32. The largest absolute Gasteiger partial charge is 0.399 e. The van der Waals surface area contributed by atoms with Gasteiger partial charge in [-0.2, -0.15) is 0 Å². The van der Waals surface area contributed by atoms with Gasteiger partial charge in [0.15, 0.2) is 0 Å². The van der Waals surface area contributed by atoms with E-state index in [1.807, 2.05) is 25.1 Å². The number of rotatable bonds is 6. The minimum Gasteiger partial charge on any atom is -0.399 e. The molecule has 106 valence electrons. The van der Waals surface area contributed by atoms with E-state index in [0.29, 0.717) is 11.3 Å². The van der Waals surface area contributed by atoms with Gasteiger partial charge in [-0.3, -0.25) is 4.79 Å². The second-order valence-corrected chi connectivity index (χ2v) is 5.78. The number of nitrogens with zero attached hydrogens (tertiary/aromatic N) is 2. The molecule has 1 amide bonds. The molecule has 0 aliphatic heterocycles. The maximum Gasteiger partial charge on any atom is 0.254 e. The number of nitrogens with two attached hydrogens (primary N) is 1. The Balaban J connectivity index is 2.85. The molecular weight excluding hydrogens is 306 g/mol. The minimum absolute atomic E-state index is 0.0386. The highest BCUT2D eigenvalue weighted by Crippen LogP contribution is 2.18. The van der Waals surface area contributed by atoms with Crippen molar-refractivity contribution in [2.45, 2.75) is 13.3 Å². The summed E-state index contributed by atoms with van der Waals surface area (Å²) in [6.07, 6.45) is 0.947. The van der Waals surface area contributed by atoms with Crippen molar-refractivity contribution < 1.29 is 4.79 Å². The van der Waals surface area contributed by atoms with Crippen LogP contribution in [-0.4, -0.2) is 49.4 Å². The number of halogens is 1. The molecule has 0 aromatic heterocycles. The third-order valence-corrected chi connectivity index (χ3v) is 3.22. The molecule has 0 unspecified atom stereocenters. The monoisotopic (exact) mass is 327 g/mol. The van der Waals surface area contributed by atoms with Gasteiger partial charge in [0, 0.05) is 35.4 Å². The Kier molecular flexibility index (Phi) is 6.31. The van der Waals surface area contributed by atoms with Gasteiger partial charge in [0.05, 0.1) is 0 Å². The van der Waals surface area contributed by atoms with E-state index in [9.17, 15) is 4.79 Å². The van der Waals surface area contributed by atoms with Crippen molar-refractivity contribution in [2.24, 2.45) is 0 Å². The first-order chi connectivity index (χ1) is 8.93. The first kappa shape index (κ1) is 16.0. The molecular formula is C14H22BrN3O. The highest BCUT2D eigenvalue weighted by Gasteiger charge is 2.15. The summed E-state index contributed by atoms with van der Waals surface area (Å²) in [6.45, 7) is 4.42. The zero-order valence-electron chi connectivity index (χ0n) is 11.8. The molecule has 1 aromatic rings. The number of hydrogen-bond acceptors (Lipinski definition) is 3. The number of carbonyl (C=O) groups excluding carboxylic acids is 1. The van der Waals surface area contributed by atoms with Gasteiger partial charge in [-0.15, -0.1) is 0 Å². The molecule has 0 aliphatic carbocycles. The molecule has 5 heteroatoms. The fourth-order valence-corrected chi connectivity index (χ4v) is 2.33. The second-order valence-electron chi connectivity index (χ2n) is 4.87. The van der Waals surface area contributed by atoms with Gasteiger partial charge < -0.3 is 15.5 Å². The van der Waals surface area contributed by atoms with E-state index in [1.54, 1.807) is 12.1 Å². The molecule has 1 rings (SSSR count). The summed E-state index contributed by atoms with van der Waals surface area (Å²) in [6, 6.07) is 5.34. The average molecular weight is 328 g/mol. The third kappa shape index (κ3) is 5.20. The fourth-order valence-electron chi connectivity index (χ4n) is 1.82. The Morgan fingerprint density at radius 1 is 1.21 bits per heavy atom. The van der Waals surface area contributed by atoms with Crippen LogP contribution < -0.4 is 5.73 Å². The fraction of sp³-hybridized carbons (Fsp3) is 0.500. The second kappa shape index (κ2) is 7.50. The molecule has 0 bridgehead atoms. The number of nitrogen functional groups attached to an aromatic ring is 1. The molecule has 0 fully saturated rings. The number of carbonyl (C=O) groups is 1. The van der Waals surface area contributed by atoms with Gasteiger partial charge >= 0.3 is 0 Å². The summed E-state index contributed by atoms with van der Waals surface area (Å²) in [5, 5.41) is 0. The first-order valence-electron chi connectivity index (χ1n) is 6.44. The van der Waals surface area contributed by atoms with Crippen LogP contribution in [0.3, 0.4) is 0 Å². The van der Waals surface area contributed by atoms with Crippen molar-refractivity contribution in [1.29, 1.82) is 0 Å². The number of hydrogen-bond donors (Lipinski definition) is 1. The van der Waals surface area contributed by atoms with Gasteiger partial charge in [0.1, 0.15) is 0 Å². The Morgan fingerprint density at radius 2 is 1.89 bits per heavy atom. The molecule has 19 heavy (non-hydrogen) atoms. The van der Waals surface area contributed by atoms with E-state index in [-0.39, 0.29) is 5.91 Å². The van der Waals surface area contributed by atoms with Crippen LogP contribution in [0.1, 0.15) is 23.7 Å². The summed E-state index contributed by atoms with van der Waals surface area (Å²) < 4.78 is 0.833. The maximum atomic E-state index is 12.5. The Labute approximate surface area is 123 Å². The van der Waals surface area contributed by atoms with Gasteiger partial charge in [-0.1, -0.05) is 22.9 Å². The normalized spacial score (nSPS) is 10.8. The lowest BCUT2D eigenvalue weighted by molar-refractivity contribution is 0.0745. The summed E-state index contributed by atoms with van der Waals surface area (Å²) in [5.41, 5.74) is 7.02. The molecule has 0 saturated carbocycles. The van der Waals surface area contributed by atoms with Crippen LogP contribution in [0.2, 0.25) is 0 Å². The molecule has 0 heterocycles. The number of benzene rings is 1. The summed E-state index contributed by atoms with van der Waals surface area (Å²) in [7, 11) is 4.01. The van der Waals surface area contributed by atoms with Gasteiger partial charge in [-0.05, 0) is 38.7 Å². The summed E-state index contributed by atoms with van der Waals surface area (Å²) in [4.78, 5) is 16.4. The predicted molar refractivity (Wildman–Crippen MR) is 83.3 cm³/mol. The van der Waals surface area contributed by atoms with Crippen molar-refractivity contribution in [3.8, 4) is 0 Å².